The third-order valence-electron chi connectivity index (χ3n) is 4.23. The van der Waals surface area contributed by atoms with Gasteiger partial charge in [0.15, 0.2) is 6.61 Å². The van der Waals surface area contributed by atoms with Crippen molar-refractivity contribution in [1.82, 2.24) is 10.3 Å². The maximum Gasteiger partial charge on any atom is 0.326 e. The van der Waals surface area contributed by atoms with Crippen molar-refractivity contribution >= 4 is 34.4 Å². The minimum absolute atomic E-state index is 0.172. The highest BCUT2D eigenvalue weighted by molar-refractivity contribution is 6.30. The number of hydrogen-bond donors (Lipinski definition) is 3. The van der Waals surface area contributed by atoms with Crippen LogP contribution in [0.4, 0.5) is 0 Å². The Morgan fingerprint density at radius 1 is 1.26 bits per heavy atom. The Hall–Kier alpha value is -2.99. The SMILES string of the molecule is Cc1cc(Cl)ccc1OCC(=O)NC(Cc1c[nH]c2ccccc12)C(=O)O. The van der Waals surface area contributed by atoms with Crippen LogP contribution in [0.15, 0.2) is 48.7 Å². The number of benzene rings is 2. The van der Waals surface area contributed by atoms with E-state index in [0.29, 0.717) is 10.8 Å². The van der Waals surface area contributed by atoms with Crippen molar-refractivity contribution in [1.29, 1.82) is 0 Å². The van der Waals surface area contributed by atoms with Gasteiger partial charge in [0.1, 0.15) is 11.8 Å². The van der Waals surface area contributed by atoms with Gasteiger partial charge in [0.2, 0.25) is 0 Å². The van der Waals surface area contributed by atoms with Crippen LogP contribution in [0.5, 0.6) is 5.75 Å². The zero-order valence-electron chi connectivity index (χ0n) is 14.7. The second kappa shape index (κ2) is 8.14. The number of ether oxygens (including phenoxy) is 1. The Bertz CT molecular complexity index is 983. The van der Waals surface area contributed by atoms with Crippen LogP contribution in [0.25, 0.3) is 10.9 Å². The molecule has 0 saturated heterocycles. The number of H-pyrrole nitrogens is 1. The number of halogens is 1. The smallest absolute Gasteiger partial charge is 0.326 e. The van der Waals surface area contributed by atoms with Gasteiger partial charge < -0.3 is 20.1 Å². The number of amides is 1. The normalized spacial score (nSPS) is 11.9. The summed E-state index contributed by atoms with van der Waals surface area (Å²) in [7, 11) is 0. The minimum Gasteiger partial charge on any atom is -0.484 e. The fourth-order valence-electron chi connectivity index (χ4n) is 2.87. The van der Waals surface area contributed by atoms with Crippen molar-refractivity contribution in [3.63, 3.8) is 0 Å². The Morgan fingerprint density at radius 3 is 2.78 bits per heavy atom. The molecular formula is C20H19ClN2O4. The van der Waals surface area contributed by atoms with Crippen LogP contribution >= 0.6 is 11.6 Å². The van der Waals surface area contributed by atoms with E-state index in [1.807, 2.05) is 31.2 Å². The number of carboxylic acid groups (broad SMARTS) is 1. The molecule has 6 nitrogen and oxygen atoms in total. The van der Waals surface area contributed by atoms with Gasteiger partial charge >= 0.3 is 5.97 Å². The predicted molar refractivity (Wildman–Crippen MR) is 103 cm³/mol. The van der Waals surface area contributed by atoms with Gasteiger partial charge in [0, 0.05) is 28.5 Å². The van der Waals surface area contributed by atoms with Gasteiger partial charge in [0.25, 0.3) is 5.91 Å². The molecule has 3 N–H and O–H groups in total. The van der Waals surface area contributed by atoms with Gasteiger partial charge in [-0.1, -0.05) is 29.8 Å². The zero-order valence-corrected chi connectivity index (χ0v) is 15.4. The highest BCUT2D eigenvalue weighted by atomic mass is 35.5. The van der Waals surface area contributed by atoms with E-state index in [9.17, 15) is 14.7 Å². The van der Waals surface area contributed by atoms with E-state index in [1.54, 1.807) is 24.4 Å². The van der Waals surface area contributed by atoms with Crippen molar-refractivity contribution in [2.45, 2.75) is 19.4 Å². The summed E-state index contributed by atoms with van der Waals surface area (Å²) < 4.78 is 5.47. The highest BCUT2D eigenvalue weighted by Crippen LogP contribution is 2.22. The Labute approximate surface area is 161 Å². The van der Waals surface area contributed by atoms with Crippen LogP contribution in [0.3, 0.4) is 0 Å². The average Bonchev–Trinajstić information content (AvgIpc) is 3.03. The summed E-state index contributed by atoms with van der Waals surface area (Å²) in [5.74, 6) is -1.08. The van der Waals surface area contributed by atoms with Crippen LogP contribution in [-0.4, -0.2) is 34.6 Å². The molecule has 3 rings (SSSR count). The molecule has 0 spiro atoms. The summed E-state index contributed by atoms with van der Waals surface area (Å²) in [5, 5.41) is 13.5. The van der Waals surface area contributed by atoms with E-state index in [2.05, 4.69) is 10.3 Å². The van der Waals surface area contributed by atoms with Crippen LogP contribution < -0.4 is 10.1 Å². The van der Waals surface area contributed by atoms with Crippen LogP contribution in [0.1, 0.15) is 11.1 Å². The van der Waals surface area contributed by atoms with E-state index in [1.165, 1.54) is 0 Å². The highest BCUT2D eigenvalue weighted by Gasteiger charge is 2.22. The van der Waals surface area contributed by atoms with Gasteiger partial charge in [-0.2, -0.15) is 0 Å². The second-order valence-corrected chi connectivity index (χ2v) is 6.66. The molecule has 7 heteroatoms. The molecule has 0 aliphatic heterocycles. The van der Waals surface area contributed by atoms with Crippen LogP contribution in [-0.2, 0) is 16.0 Å². The number of fused-ring (bicyclic) bond motifs is 1. The number of hydrogen-bond acceptors (Lipinski definition) is 3. The molecule has 0 aliphatic carbocycles. The van der Waals surface area contributed by atoms with E-state index >= 15 is 0 Å². The molecule has 0 bridgehead atoms. The first-order chi connectivity index (χ1) is 12.9. The summed E-state index contributed by atoms with van der Waals surface area (Å²) in [6.45, 7) is 1.54. The largest absolute Gasteiger partial charge is 0.484 e. The molecule has 140 valence electrons. The molecule has 0 aliphatic rings. The first-order valence-electron chi connectivity index (χ1n) is 8.40. The maximum atomic E-state index is 12.2. The molecule has 3 aromatic rings. The van der Waals surface area contributed by atoms with Gasteiger partial charge in [-0.05, 0) is 42.3 Å². The lowest BCUT2D eigenvalue weighted by atomic mass is 10.1. The molecule has 1 aromatic heterocycles. The molecule has 1 heterocycles. The lowest BCUT2D eigenvalue weighted by Crippen LogP contribution is -2.44. The molecule has 27 heavy (non-hydrogen) atoms. The van der Waals surface area contributed by atoms with Crippen molar-refractivity contribution in [2.75, 3.05) is 6.61 Å². The third-order valence-corrected chi connectivity index (χ3v) is 4.46. The van der Waals surface area contributed by atoms with Crippen molar-refractivity contribution < 1.29 is 19.4 Å². The van der Waals surface area contributed by atoms with E-state index in [0.717, 1.165) is 22.0 Å². The van der Waals surface area contributed by atoms with Crippen LogP contribution in [0.2, 0.25) is 5.02 Å². The summed E-state index contributed by atoms with van der Waals surface area (Å²) in [6, 6.07) is 11.6. The van der Waals surface area contributed by atoms with Crippen molar-refractivity contribution in [2.24, 2.45) is 0 Å². The van der Waals surface area contributed by atoms with Crippen molar-refractivity contribution in [3.05, 3.63) is 64.8 Å². The van der Waals surface area contributed by atoms with Gasteiger partial charge in [-0.3, -0.25) is 4.79 Å². The number of carboxylic acids is 1. The first kappa shape index (κ1) is 18.8. The van der Waals surface area contributed by atoms with Crippen molar-refractivity contribution in [3.8, 4) is 5.75 Å². The Balaban J connectivity index is 1.63. The van der Waals surface area contributed by atoms with Gasteiger partial charge in [-0.25, -0.2) is 4.79 Å². The summed E-state index contributed by atoms with van der Waals surface area (Å²) in [6.07, 6.45) is 1.94. The number of nitrogens with one attached hydrogen (secondary N) is 2. The molecule has 1 atom stereocenters. The topological polar surface area (TPSA) is 91.4 Å². The first-order valence-corrected chi connectivity index (χ1v) is 8.78. The number of aryl methyl sites for hydroxylation is 1. The van der Waals surface area contributed by atoms with E-state index in [-0.39, 0.29) is 13.0 Å². The van der Waals surface area contributed by atoms with Crippen LogP contribution in [0, 0.1) is 6.92 Å². The lowest BCUT2D eigenvalue weighted by molar-refractivity contribution is -0.142. The monoisotopic (exact) mass is 386 g/mol. The van der Waals surface area contributed by atoms with E-state index in [4.69, 9.17) is 16.3 Å². The standard InChI is InChI=1S/C20H19ClN2O4/c1-12-8-14(21)6-7-18(12)27-11-19(24)23-17(20(25)26)9-13-10-22-16-5-3-2-4-15(13)16/h2-8,10,17,22H,9,11H2,1H3,(H,23,24)(H,25,26). The molecule has 0 fully saturated rings. The predicted octanol–water partition coefficient (Wildman–Crippen LogP) is 3.32. The summed E-state index contributed by atoms with van der Waals surface area (Å²) in [4.78, 5) is 26.9. The van der Waals surface area contributed by atoms with Gasteiger partial charge in [0.05, 0.1) is 0 Å². The summed E-state index contributed by atoms with van der Waals surface area (Å²) >= 11 is 5.89. The zero-order chi connectivity index (χ0) is 19.4. The van der Waals surface area contributed by atoms with E-state index < -0.39 is 17.9 Å². The third kappa shape index (κ3) is 4.60. The number of aromatic amines is 1. The molecule has 1 unspecified atom stereocenters. The number of rotatable bonds is 7. The maximum absolute atomic E-state index is 12.2. The lowest BCUT2D eigenvalue weighted by Gasteiger charge is -2.15. The number of aromatic nitrogens is 1. The fraction of sp³-hybridized carbons (Fsp3) is 0.200. The number of para-hydroxylation sites is 1. The molecule has 0 saturated carbocycles. The summed E-state index contributed by atoms with van der Waals surface area (Å²) in [5.41, 5.74) is 2.54. The number of carbonyl (C=O) groups excluding carboxylic acids is 1. The number of aliphatic carboxylic acids is 1. The fourth-order valence-corrected chi connectivity index (χ4v) is 3.10. The Morgan fingerprint density at radius 2 is 2.04 bits per heavy atom. The molecule has 0 radical (unpaired) electrons. The second-order valence-electron chi connectivity index (χ2n) is 6.22. The average molecular weight is 387 g/mol. The quantitative estimate of drug-likeness (QED) is 0.581. The Kier molecular flexibility index (Phi) is 5.66. The molecule has 2 aromatic carbocycles. The molecule has 1 amide bonds. The van der Waals surface area contributed by atoms with Gasteiger partial charge in [-0.15, -0.1) is 0 Å². The molecular weight excluding hydrogens is 368 g/mol. The minimum atomic E-state index is -1.10. The number of carbonyl (C=O) groups is 2.